The van der Waals surface area contributed by atoms with Gasteiger partial charge in [-0.1, -0.05) is 29.5 Å². The zero-order chi connectivity index (χ0) is 20.7. The molecule has 30 heavy (non-hydrogen) atoms. The quantitative estimate of drug-likeness (QED) is 0.487. The summed E-state index contributed by atoms with van der Waals surface area (Å²) in [6.07, 6.45) is 4.47. The Kier molecular flexibility index (Phi) is 5.14. The number of rotatable bonds is 6. The van der Waals surface area contributed by atoms with Crippen LogP contribution in [0.2, 0.25) is 0 Å². The molecule has 3 aromatic heterocycles. The second-order valence-corrected chi connectivity index (χ2v) is 8.80. The second-order valence-electron chi connectivity index (χ2n) is 7.83. The molecular formula is C22H26N6OS. The lowest BCUT2D eigenvalue weighted by Gasteiger charge is -2.17. The molecule has 0 spiro atoms. The minimum Gasteiger partial charge on any atom is -0.377 e. The SMILES string of the molecule is CNc1nc2sc(-c3cccc(C(C)NCC4CCCO4)c3)nc2c2c1ncn2C. The van der Waals surface area contributed by atoms with E-state index in [0.29, 0.717) is 6.10 Å². The predicted molar refractivity (Wildman–Crippen MR) is 122 cm³/mol. The standard InChI is InChI=1S/C22H26N6OS/c1-13(24-11-16-8-5-9-29-16)14-6-4-7-15(10-14)21-26-18-19-17(25-12-28(19)3)20(23-2)27-22(18)30-21/h4,6-7,10,12-13,16,24H,5,8-9,11H2,1-3H3,(H,23,27). The zero-order valence-corrected chi connectivity index (χ0v) is 18.3. The summed E-state index contributed by atoms with van der Waals surface area (Å²) in [5.74, 6) is 0.786. The smallest absolute Gasteiger partial charge is 0.155 e. The summed E-state index contributed by atoms with van der Waals surface area (Å²) in [6.45, 7) is 3.98. The van der Waals surface area contributed by atoms with Gasteiger partial charge >= 0.3 is 0 Å². The van der Waals surface area contributed by atoms with E-state index in [1.807, 2.05) is 25.0 Å². The van der Waals surface area contributed by atoms with Gasteiger partial charge in [-0.05, 0) is 31.4 Å². The number of aromatic nitrogens is 4. The van der Waals surface area contributed by atoms with Crippen LogP contribution in [-0.4, -0.2) is 45.8 Å². The van der Waals surface area contributed by atoms with Gasteiger partial charge < -0.3 is 19.9 Å². The van der Waals surface area contributed by atoms with Gasteiger partial charge in [0.15, 0.2) is 5.82 Å². The summed E-state index contributed by atoms with van der Waals surface area (Å²) in [5.41, 5.74) is 5.13. The summed E-state index contributed by atoms with van der Waals surface area (Å²) in [7, 11) is 3.87. The zero-order valence-electron chi connectivity index (χ0n) is 17.5. The van der Waals surface area contributed by atoms with Gasteiger partial charge in [-0.2, -0.15) is 0 Å². The summed E-state index contributed by atoms with van der Waals surface area (Å²) in [6, 6.07) is 8.87. The van der Waals surface area contributed by atoms with Gasteiger partial charge in [0.1, 0.15) is 26.4 Å². The van der Waals surface area contributed by atoms with Crippen LogP contribution in [-0.2, 0) is 11.8 Å². The monoisotopic (exact) mass is 422 g/mol. The van der Waals surface area contributed by atoms with Gasteiger partial charge in [0, 0.05) is 38.9 Å². The van der Waals surface area contributed by atoms with E-state index in [-0.39, 0.29) is 6.04 Å². The average molecular weight is 423 g/mol. The van der Waals surface area contributed by atoms with Crippen molar-refractivity contribution >= 4 is 38.5 Å². The Hall–Kier alpha value is -2.55. The lowest BCUT2D eigenvalue weighted by Crippen LogP contribution is -2.28. The van der Waals surface area contributed by atoms with Gasteiger partial charge in [-0.3, -0.25) is 0 Å². The molecule has 1 saturated heterocycles. The number of pyridine rings is 1. The Bertz CT molecular complexity index is 1190. The third-order valence-corrected chi connectivity index (χ3v) is 6.75. The third kappa shape index (κ3) is 3.45. The first kappa shape index (κ1) is 19.4. The van der Waals surface area contributed by atoms with Crippen LogP contribution in [0.15, 0.2) is 30.6 Å². The predicted octanol–water partition coefficient (Wildman–Crippen LogP) is 4.12. The molecule has 1 aliphatic rings. The maximum absolute atomic E-state index is 5.73. The molecule has 2 N–H and O–H groups in total. The van der Waals surface area contributed by atoms with Gasteiger partial charge in [0.2, 0.25) is 0 Å². The van der Waals surface area contributed by atoms with Crippen molar-refractivity contribution in [3.05, 3.63) is 36.2 Å². The minimum atomic E-state index is 0.251. The van der Waals surface area contributed by atoms with Crippen molar-refractivity contribution in [2.45, 2.75) is 31.9 Å². The minimum absolute atomic E-state index is 0.251. The van der Waals surface area contributed by atoms with Gasteiger partial charge in [-0.15, -0.1) is 0 Å². The number of aryl methyl sites for hydroxylation is 1. The Morgan fingerprint density at radius 2 is 2.20 bits per heavy atom. The van der Waals surface area contributed by atoms with Crippen LogP contribution in [0, 0.1) is 0 Å². The average Bonchev–Trinajstić information content (AvgIpc) is 3.51. The number of thiazole rings is 1. The maximum Gasteiger partial charge on any atom is 0.155 e. The summed E-state index contributed by atoms with van der Waals surface area (Å²) >= 11 is 1.62. The molecule has 7 nitrogen and oxygen atoms in total. The van der Waals surface area contributed by atoms with E-state index in [1.165, 1.54) is 12.0 Å². The Morgan fingerprint density at radius 1 is 1.30 bits per heavy atom. The molecule has 4 aromatic rings. The first-order chi connectivity index (χ1) is 14.6. The van der Waals surface area contributed by atoms with E-state index < -0.39 is 0 Å². The van der Waals surface area contributed by atoms with Crippen molar-refractivity contribution in [1.29, 1.82) is 0 Å². The normalized spacial score (nSPS) is 17.8. The van der Waals surface area contributed by atoms with Crippen molar-refractivity contribution in [2.75, 3.05) is 25.5 Å². The van der Waals surface area contributed by atoms with Gasteiger partial charge in [-0.25, -0.2) is 15.0 Å². The summed E-state index contributed by atoms with van der Waals surface area (Å²) in [4.78, 5) is 15.1. The molecule has 2 unspecified atom stereocenters. The lowest BCUT2D eigenvalue weighted by molar-refractivity contribution is 0.108. The number of imidazole rings is 1. The summed E-state index contributed by atoms with van der Waals surface area (Å²) < 4.78 is 7.74. The third-order valence-electron chi connectivity index (χ3n) is 5.75. The van der Waals surface area contributed by atoms with Crippen molar-refractivity contribution in [3.63, 3.8) is 0 Å². The van der Waals surface area contributed by atoms with E-state index in [0.717, 1.165) is 57.3 Å². The number of hydrogen-bond acceptors (Lipinski definition) is 7. The van der Waals surface area contributed by atoms with Gasteiger partial charge in [0.05, 0.1) is 12.4 Å². The van der Waals surface area contributed by atoms with Crippen molar-refractivity contribution < 1.29 is 4.74 Å². The van der Waals surface area contributed by atoms with Crippen molar-refractivity contribution in [1.82, 2.24) is 24.8 Å². The van der Waals surface area contributed by atoms with Crippen LogP contribution in [0.1, 0.15) is 31.4 Å². The molecule has 1 fully saturated rings. The van der Waals surface area contributed by atoms with E-state index in [4.69, 9.17) is 14.7 Å². The van der Waals surface area contributed by atoms with Crippen LogP contribution in [0.5, 0.6) is 0 Å². The lowest BCUT2D eigenvalue weighted by atomic mass is 10.0. The van der Waals surface area contributed by atoms with E-state index >= 15 is 0 Å². The molecule has 8 heteroatoms. The van der Waals surface area contributed by atoms with E-state index in [9.17, 15) is 0 Å². The highest BCUT2D eigenvalue weighted by Gasteiger charge is 2.19. The topological polar surface area (TPSA) is 76.9 Å². The van der Waals surface area contributed by atoms with E-state index in [2.05, 4.69) is 46.8 Å². The van der Waals surface area contributed by atoms with E-state index in [1.54, 1.807) is 11.3 Å². The number of ether oxygens (including phenoxy) is 1. The fourth-order valence-electron chi connectivity index (χ4n) is 4.05. The second kappa shape index (κ2) is 7.94. The summed E-state index contributed by atoms with van der Waals surface area (Å²) in [5, 5.41) is 7.75. The molecule has 0 saturated carbocycles. The fourth-order valence-corrected chi connectivity index (χ4v) is 4.99. The van der Waals surface area contributed by atoms with Crippen molar-refractivity contribution in [2.24, 2.45) is 7.05 Å². The number of hydrogen-bond donors (Lipinski definition) is 2. The van der Waals surface area contributed by atoms with Crippen LogP contribution < -0.4 is 10.6 Å². The molecule has 5 rings (SSSR count). The van der Waals surface area contributed by atoms with Crippen LogP contribution in [0.25, 0.3) is 32.0 Å². The Labute approximate surface area is 179 Å². The molecule has 0 radical (unpaired) electrons. The van der Waals surface area contributed by atoms with Crippen LogP contribution >= 0.6 is 11.3 Å². The molecule has 0 aliphatic carbocycles. The first-order valence-corrected chi connectivity index (χ1v) is 11.2. The highest BCUT2D eigenvalue weighted by molar-refractivity contribution is 7.21. The molecule has 0 amide bonds. The fraction of sp³-hybridized carbons (Fsp3) is 0.409. The highest BCUT2D eigenvalue weighted by Crippen LogP contribution is 2.35. The van der Waals surface area contributed by atoms with Crippen LogP contribution in [0.3, 0.4) is 0 Å². The van der Waals surface area contributed by atoms with Crippen LogP contribution in [0.4, 0.5) is 5.82 Å². The Morgan fingerprint density at radius 3 is 3.00 bits per heavy atom. The molecular weight excluding hydrogens is 396 g/mol. The number of nitrogens with zero attached hydrogens (tertiary/aromatic N) is 4. The number of benzene rings is 1. The molecule has 0 bridgehead atoms. The number of fused-ring (bicyclic) bond motifs is 3. The molecule has 2 atom stereocenters. The first-order valence-electron chi connectivity index (χ1n) is 10.4. The molecule has 4 heterocycles. The molecule has 1 aliphatic heterocycles. The maximum atomic E-state index is 5.73. The van der Waals surface area contributed by atoms with Gasteiger partial charge in [0.25, 0.3) is 0 Å². The molecule has 156 valence electrons. The molecule has 1 aromatic carbocycles. The van der Waals surface area contributed by atoms with Crippen molar-refractivity contribution in [3.8, 4) is 10.6 Å². The largest absolute Gasteiger partial charge is 0.377 e. The number of nitrogens with one attached hydrogen (secondary N) is 2. The Balaban J connectivity index is 1.47. The number of anilines is 1. The highest BCUT2D eigenvalue weighted by atomic mass is 32.1.